The highest BCUT2D eigenvalue weighted by Gasteiger charge is 2.30. The summed E-state index contributed by atoms with van der Waals surface area (Å²) in [4.78, 5) is 25.9. The van der Waals surface area contributed by atoms with Crippen molar-refractivity contribution in [2.75, 3.05) is 18.0 Å². The monoisotopic (exact) mass is 344 g/mol. The van der Waals surface area contributed by atoms with E-state index >= 15 is 0 Å². The fraction of sp³-hybridized carbons (Fsp3) is 0.263. The molecule has 6 heteroatoms. The first kappa shape index (κ1) is 17.1. The minimum atomic E-state index is -1.06. The topological polar surface area (TPSA) is 49.4 Å². The molecule has 1 saturated heterocycles. The van der Waals surface area contributed by atoms with Crippen LogP contribution in [0.15, 0.2) is 42.5 Å². The van der Waals surface area contributed by atoms with Crippen LogP contribution in [0.4, 0.5) is 14.5 Å². The molecular weight excluding hydrogens is 326 g/mol. The lowest BCUT2D eigenvalue weighted by Crippen LogP contribution is -2.31. The van der Waals surface area contributed by atoms with E-state index in [-0.39, 0.29) is 17.4 Å². The van der Waals surface area contributed by atoms with Crippen LogP contribution in [0.5, 0.6) is 0 Å². The van der Waals surface area contributed by atoms with E-state index < -0.39 is 17.5 Å². The summed E-state index contributed by atoms with van der Waals surface area (Å²) in [5, 5.41) is 2.68. The van der Waals surface area contributed by atoms with E-state index in [1.54, 1.807) is 4.90 Å². The number of benzene rings is 2. The smallest absolute Gasteiger partial charge is 0.251 e. The Morgan fingerprint density at radius 2 is 1.88 bits per heavy atom. The Kier molecular flexibility index (Phi) is 4.79. The van der Waals surface area contributed by atoms with Crippen molar-refractivity contribution in [3.8, 4) is 0 Å². The summed E-state index contributed by atoms with van der Waals surface area (Å²) in [6.07, 6.45) is 0.339. The van der Waals surface area contributed by atoms with Crippen LogP contribution in [0.25, 0.3) is 0 Å². The van der Waals surface area contributed by atoms with E-state index in [0.717, 1.165) is 23.4 Å². The molecule has 2 aromatic rings. The third-order valence-electron chi connectivity index (χ3n) is 4.28. The van der Waals surface area contributed by atoms with Gasteiger partial charge < -0.3 is 10.2 Å². The molecule has 0 aromatic heterocycles. The SMILES string of the molecule is Cc1ccc(N2CC(CNC(=O)c3ccc(F)c(F)c3)CC2=O)cc1. The number of amides is 2. The highest BCUT2D eigenvalue weighted by molar-refractivity contribution is 5.96. The number of carbonyl (C=O) groups is 2. The molecule has 0 bridgehead atoms. The molecule has 3 rings (SSSR count). The van der Waals surface area contributed by atoms with Crippen LogP contribution >= 0.6 is 0 Å². The van der Waals surface area contributed by atoms with E-state index in [0.29, 0.717) is 19.5 Å². The van der Waals surface area contributed by atoms with Crippen LogP contribution in [0, 0.1) is 24.5 Å². The number of rotatable bonds is 4. The van der Waals surface area contributed by atoms with E-state index in [9.17, 15) is 18.4 Å². The molecule has 0 radical (unpaired) electrons. The summed E-state index contributed by atoms with van der Waals surface area (Å²) in [6.45, 7) is 2.79. The van der Waals surface area contributed by atoms with Gasteiger partial charge in [0, 0.05) is 36.7 Å². The molecule has 1 aliphatic heterocycles. The van der Waals surface area contributed by atoms with E-state index in [2.05, 4.69) is 5.32 Å². The maximum Gasteiger partial charge on any atom is 0.251 e. The van der Waals surface area contributed by atoms with Crippen LogP contribution in [0.2, 0.25) is 0 Å². The van der Waals surface area contributed by atoms with Crippen LogP contribution < -0.4 is 10.2 Å². The Morgan fingerprint density at radius 3 is 2.56 bits per heavy atom. The van der Waals surface area contributed by atoms with Gasteiger partial charge in [-0.2, -0.15) is 0 Å². The molecule has 1 atom stereocenters. The molecule has 130 valence electrons. The summed E-state index contributed by atoms with van der Waals surface area (Å²) in [6, 6.07) is 10.7. The standard InChI is InChI=1S/C19H18F2N2O2/c1-12-2-5-15(6-3-12)23-11-13(8-18(23)24)10-22-19(25)14-4-7-16(20)17(21)9-14/h2-7,9,13H,8,10-11H2,1H3,(H,22,25). The second-order valence-corrected chi connectivity index (χ2v) is 6.25. The first-order valence-electron chi connectivity index (χ1n) is 8.04. The number of halogens is 2. The van der Waals surface area contributed by atoms with Gasteiger partial charge in [0.05, 0.1) is 0 Å². The summed E-state index contributed by atoms with van der Waals surface area (Å²) in [7, 11) is 0. The normalized spacial score (nSPS) is 17.0. The van der Waals surface area contributed by atoms with Crippen molar-refractivity contribution >= 4 is 17.5 Å². The maximum absolute atomic E-state index is 13.2. The van der Waals surface area contributed by atoms with Crippen LogP contribution in [-0.4, -0.2) is 24.9 Å². The van der Waals surface area contributed by atoms with E-state index in [1.807, 2.05) is 31.2 Å². The molecule has 0 saturated carbocycles. The zero-order valence-electron chi connectivity index (χ0n) is 13.8. The largest absolute Gasteiger partial charge is 0.352 e. The van der Waals surface area contributed by atoms with Gasteiger partial charge >= 0.3 is 0 Å². The van der Waals surface area contributed by atoms with E-state index in [1.165, 1.54) is 6.07 Å². The lowest BCUT2D eigenvalue weighted by atomic mass is 10.1. The van der Waals surface area contributed by atoms with Crippen molar-refractivity contribution in [2.24, 2.45) is 5.92 Å². The molecule has 1 fully saturated rings. The minimum Gasteiger partial charge on any atom is -0.352 e. The van der Waals surface area contributed by atoms with Gasteiger partial charge in [-0.15, -0.1) is 0 Å². The van der Waals surface area contributed by atoms with Crippen molar-refractivity contribution in [2.45, 2.75) is 13.3 Å². The van der Waals surface area contributed by atoms with E-state index in [4.69, 9.17) is 0 Å². The third kappa shape index (κ3) is 3.84. The number of carbonyl (C=O) groups excluding carboxylic acids is 2. The number of nitrogens with one attached hydrogen (secondary N) is 1. The average Bonchev–Trinajstić information content (AvgIpc) is 2.96. The van der Waals surface area contributed by atoms with Gasteiger partial charge in [0.15, 0.2) is 11.6 Å². The Bertz CT molecular complexity index is 806. The molecule has 2 aromatic carbocycles. The number of nitrogens with zero attached hydrogens (tertiary/aromatic N) is 1. The van der Waals surface area contributed by atoms with Gasteiger partial charge in [0.25, 0.3) is 5.91 Å². The molecule has 2 amide bonds. The zero-order valence-corrected chi connectivity index (χ0v) is 13.8. The second kappa shape index (κ2) is 7.01. The number of aryl methyl sites for hydroxylation is 1. The summed E-state index contributed by atoms with van der Waals surface area (Å²) in [5.74, 6) is -2.56. The second-order valence-electron chi connectivity index (χ2n) is 6.25. The minimum absolute atomic E-state index is 0.0101. The lowest BCUT2D eigenvalue weighted by Gasteiger charge is -2.17. The van der Waals surface area contributed by atoms with Crippen LogP contribution in [0.1, 0.15) is 22.3 Å². The molecule has 1 heterocycles. The highest BCUT2D eigenvalue weighted by atomic mass is 19.2. The number of hydrogen-bond donors (Lipinski definition) is 1. The zero-order chi connectivity index (χ0) is 18.0. The van der Waals surface area contributed by atoms with Crippen molar-refractivity contribution in [1.82, 2.24) is 5.32 Å². The van der Waals surface area contributed by atoms with Crippen LogP contribution in [-0.2, 0) is 4.79 Å². The first-order valence-corrected chi connectivity index (χ1v) is 8.04. The molecular formula is C19H18F2N2O2. The molecule has 25 heavy (non-hydrogen) atoms. The van der Waals surface area contributed by atoms with Gasteiger partial charge in [-0.25, -0.2) is 8.78 Å². The Balaban J connectivity index is 1.59. The summed E-state index contributed by atoms with van der Waals surface area (Å²) >= 11 is 0. The molecule has 1 N–H and O–H groups in total. The Labute approximate surface area is 144 Å². The highest BCUT2D eigenvalue weighted by Crippen LogP contribution is 2.25. The number of hydrogen-bond acceptors (Lipinski definition) is 2. The maximum atomic E-state index is 13.2. The molecule has 1 aliphatic rings. The first-order chi connectivity index (χ1) is 11.9. The molecule has 0 aliphatic carbocycles. The summed E-state index contributed by atoms with van der Waals surface area (Å²) < 4.78 is 26.1. The molecule has 0 spiro atoms. The van der Waals surface area contributed by atoms with Gasteiger partial charge in [-0.05, 0) is 37.3 Å². The number of anilines is 1. The Morgan fingerprint density at radius 1 is 1.16 bits per heavy atom. The quantitative estimate of drug-likeness (QED) is 0.927. The Hall–Kier alpha value is -2.76. The van der Waals surface area contributed by atoms with Crippen molar-refractivity contribution in [3.63, 3.8) is 0 Å². The lowest BCUT2D eigenvalue weighted by molar-refractivity contribution is -0.117. The fourth-order valence-corrected chi connectivity index (χ4v) is 2.87. The van der Waals surface area contributed by atoms with Crippen LogP contribution in [0.3, 0.4) is 0 Å². The van der Waals surface area contributed by atoms with Gasteiger partial charge in [-0.1, -0.05) is 17.7 Å². The molecule has 4 nitrogen and oxygen atoms in total. The molecule has 1 unspecified atom stereocenters. The van der Waals surface area contributed by atoms with Crippen molar-refractivity contribution in [3.05, 3.63) is 65.2 Å². The predicted molar refractivity (Wildman–Crippen MR) is 90.3 cm³/mol. The fourth-order valence-electron chi connectivity index (χ4n) is 2.87. The van der Waals surface area contributed by atoms with Crippen molar-refractivity contribution in [1.29, 1.82) is 0 Å². The van der Waals surface area contributed by atoms with Gasteiger partial charge in [0.1, 0.15) is 0 Å². The van der Waals surface area contributed by atoms with Crippen molar-refractivity contribution < 1.29 is 18.4 Å². The third-order valence-corrected chi connectivity index (χ3v) is 4.28. The van der Waals surface area contributed by atoms with Gasteiger partial charge in [0.2, 0.25) is 5.91 Å². The van der Waals surface area contributed by atoms with Gasteiger partial charge in [-0.3, -0.25) is 9.59 Å². The summed E-state index contributed by atoms with van der Waals surface area (Å²) in [5.41, 5.74) is 2.01. The predicted octanol–water partition coefficient (Wildman–Crippen LogP) is 3.06. The average molecular weight is 344 g/mol.